The van der Waals surface area contributed by atoms with E-state index in [1.165, 1.54) is 6.08 Å². The lowest BCUT2D eigenvalue weighted by Gasteiger charge is -2.00. The first-order chi connectivity index (χ1) is 12.7. The Morgan fingerprint density at radius 2 is 1.69 bits per heavy atom. The highest BCUT2D eigenvalue weighted by molar-refractivity contribution is 6.07. The molecule has 5 heteroatoms. The van der Waals surface area contributed by atoms with E-state index < -0.39 is 5.97 Å². The van der Waals surface area contributed by atoms with Crippen LogP contribution in [0.2, 0.25) is 0 Å². The molecule has 0 N–H and O–H groups in total. The molecule has 1 aromatic heterocycles. The Morgan fingerprint density at radius 3 is 2.35 bits per heavy atom. The van der Waals surface area contributed by atoms with Crippen LogP contribution in [0.15, 0.2) is 72.9 Å². The van der Waals surface area contributed by atoms with Gasteiger partial charge in [-0.25, -0.2) is 9.48 Å². The van der Waals surface area contributed by atoms with Crippen molar-refractivity contribution in [1.29, 1.82) is 0 Å². The Balaban J connectivity index is 1.94. The number of ether oxygens (including phenoxy) is 1. The minimum Gasteiger partial charge on any atom is -0.461 e. The lowest BCUT2D eigenvalue weighted by molar-refractivity contribution is 0.0518. The van der Waals surface area contributed by atoms with Crippen LogP contribution in [0.4, 0.5) is 0 Å². The van der Waals surface area contributed by atoms with E-state index in [1.54, 1.807) is 48.1 Å². The molecule has 5 nitrogen and oxygen atoms in total. The fraction of sp³-hybridized carbons (Fsp3) is 0.0952. The number of nitrogens with zero attached hydrogens (tertiary/aromatic N) is 2. The third-order valence-corrected chi connectivity index (χ3v) is 3.70. The summed E-state index contributed by atoms with van der Waals surface area (Å²) in [7, 11) is 0. The van der Waals surface area contributed by atoms with Crippen LogP contribution in [-0.2, 0) is 4.74 Å². The smallest absolute Gasteiger partial charge is 0.359 e. The maximum absolute atomic E-state index is 12.3. The molecule has 0 aliphatic heterocycles. The van der Waals surface area contributed by atoms with Gasteiger partial charge in [-0.2, -0.15) is 5.10 Å². The summed E-state index contributed by atoms with van der Waals surface area (Å²) in [6.45, 7) is 1.99. The lowest BCUT2D eigenvalue weighted by Crippen LogP contribution is -2.08. The van der Waals surface area contributed by atoms with Gasteiger partial charge in [0.1, 0.15) is 0 Å². The van der Waals surface area contributed by atoms with Crippen molar-refractivity contribution in [1.82, 2.24) is 9.78 Å². The Labute approximate surface area is 151 Å². The van der Waals surface area contributed by atoms with E-state index in [9.17, 15) is 9.59 Å². The predicted molar refractivity (Wildman–Crippen MR) is 99.3 cm³/mol. The maximum atomic E-state index is 12.3. The molecule has 0 unspecified atom stereocenters. The van der Waals surface area contributed by atoms with Crippen molar-refractivity contribution in [2.75, 3.05) is 6.61 Å². The van der Waals surface area contributed by atoms with Crippen LogP contribution in [0.3, 0.4) is 0 Å². The van der Waals surface area contributed by atoms with Gasteiger partial charge in [0.25, 0.3) is 0 Å². The van der Waals surface area contributed by atoms with Gasteiger partial charge >= 0.3 is 5.97 Å². The van der Waals surface area contributed by atoms with Gasteiger partial charge in [0.2, 0.25) is 0 Å². The molecule has 1 heterocycles. The quantitative estimate of drug-likeness (QED) is 0.385. The first-order valence-electron chi connectivity index (χ1n) is 8.28. The fourth-order valence-electron chi connectivity index (χ4n) is 2.44. The van der Waals surface area contributed by atoms with Crippen LogP contribution in [0, 0.1) is 0 Å². The Morgan fingerprint density at radius 1 is 1.04 bits per heavy atom. The number of rotatable bonds is 6. The molecule has 3 rings (SSSR count). The van der Waals surface area contributed by atoms with Crippen LogP contribution in [0.5, 0.6) is 0 Å². The van der Waals surface area contributed by atoms with Crippen molar-refractivity contribution in [2.45, 2.75) is 6.92 Å². The van der Waals surface area contributed by atoms with Gasteiger partial charge < -0.3 is 4.74 Å². The maximum Gasteiger partial charge on any atom is 0.359 e. The average Bonchev–Trinajstić information content (AvgIpc) is 3.12. The molecule has 3 aromatic rings. The van der Waals surface area contributed by atoms with Crippen molar-refractivity contribution in [3.8, 4) is 5.69 Å². The molecular weight excluding hydrogens is 328 g/mol. The van der Waals surface area contributed by atoms with Crippen molar-refractivity contribution >= 4 is 17.8 Å². The van der Waals surface area contributed by atoms with E-state index in [2.05, 4.69) is 5.10 Å². The number of aromatic nitrogens is 2. The molecule has 0 radical (unpaired) electrons. The molecule has 0 spiro atoms. The van der Waals surface area contributed by atoms with Gasteiger partial charge in [-0.3, -0.25) is 4.79 Å². The standard InChI is InChI=1S/C21H18N2O3/c1-2-26-21(25)20-17(13-14-19(24)16-9-5-3-6-10-16)15-23(22-20)18-11-7-4-8-12-18/h3-15H,2H2,1H3/b14-13+. The monoisotopic (exact) mass is 346 g/mol. The topological polar surface area (TPSA) is 61.2 Å². The van der Waals surface area contributed by atoms with E-state index in [0.29, 0.717) is 11.1 Å². The van der Waals surface area contributed by atoms with E-state index in [4.69, 9.17) is 4.74 Å². The summed E-state index contributed by atoms with van der Waals surface area (Å²) in [5, 5.41) is 4.33. The second-order valence-electron chi connectivity index (χ2n) is 5.50. The van der Waals surface area contributed by atoms with Crippen LogP contribution in [0.25, 0.3) is 11.8 Å². The number of carbonyl (C=O) groups excluding carboxylic acids is 2. The molecule has 0 fully saturated rings. The van der Waals surface area contributed by atoms with Gasteiger partial charge in [-0.05, 0) is 31.2 Å². The van der Waals surface area contributed by atoms with Gasteiger partial charge in [0.15, 0.2) is 11.5 Å². The minimum atomic E-state index is -0.519. The second kappa shape index (κ2) is 8.07. The van der Waals surface area contributed by atoms with E-state index in [-0.39, 0.29) is 18.1 Å². The van der Waals surface area contributed by atoms with Crippen molar-refractivity contribution in [3.05, 3.63) is 89.8 Å². The highest BCUT2D eigenvalue weighted by Gasteiger charge is 2.17. The molecule has 0 saturated carbocycles. The SMILES string of the molecule is CCOC(=O)c1nn(-c2ccccc2)cc1/C=C/C(=O)c1ccccc1. The first kappa shape index (κ1) is 17.4. The van der Waals surface area contributed by atoms with E-state index in [1.807, 2.05) is 36.4 Å². The van der Waals surface area contributed by atoms with Gasteiger partial charge in [-0.15, -0.1) is 0 Å². The normalized spacial score (nSPS) is 10.8. The van der Waals surface area contributed by atoms with Crippen LogP contribution in [0.1, 0.15) is 33.3 Å². The molecule has 0 bridgehead atoms. The predicted octanol–water partition coefficient (Wildman–Crippen LogP) is 3.95. The first-order valence-corrected chi connectivity index (χ1v) is 8.28. The molecular formula is C21H18N2O3. The third-order valence-electron chi connectivity index (χ3n) is 3.70. The van der Waals surface area contributed by atoms with Gasteiger partial charge in [0.05, 0.1) is 12.3 Å². The molecule has 0 amide bonds. The van der Waals surface area contributed by atoms with Crippen LogP contribution >= 0.6 is 0 Å². The number of allylic oxidation sites excluding steroid dienone is 1. The molecule has 130 valence electrons. The molecule has 0 aliphatic carbocycles. The average molecular weight is 346 g/mol. The number of hydrogen-bond donors (Lipinski definition) is 0. The summed E-state index contributed by atoms with van der Waals surface area (Å²) in [4.78, 5) is 24.5. The number of hydrogen-bond acceptors (Lipinski definition) is 4. The molecule has 26 heavy (non-hydrogen) atoms. The van der Waals surface area contributed by atoms with E-state index in [0.717, 1.165) is 5.69 Å². The Bertz CT molecular complexity index is 928. The summed E-state index contributed by atoms with van der Waals surface area (Å²) in [5.41, 5.74) is 2.09. The number of para-hydroxylation sites is 1. The van der Waals surface area contributed by atoms with E-state index >= 15 is 0 Å². The zero-order chi connectivity index (χ0) is 18.4. The number of carbonyl (C=O) groups is 2. The number of benzene rings is 2. The molecule has 0 atom stereocenters. The highest BCUT2D eigenvalue weighted by Crippen LogP contribution is 2.16. The lowest BCUT2D eigenvalue weighted by atomic mass is 10.1. The Hall–Kier alpha value is -3.47. The molecule has 0 aliphatic rings. The number of ketones is 1. The zero-order valence-corrected chi connectivity index (χ0v) is 14.3. The fourth-order valence-corrected chi connectivity index (χ4v) is 2.44. The number of esters is 1. The summed E-state index contributed by atoms with van der Waals surface area (Å²) in [5.74, 6) is -0.665. The minimum absolute atomic E-state index is 0.145. The van der Waals surface area contributed by atoms with Gasteiger partial charge in [-0.1, -0.05) is 48.5 Å². The zero-order valence-electron chi connectivity index (χ0n) is 14.3. The summed E-state index contributed by atoms with van der Waals surface area (Å²) in [6, 6.07) is 18.4. The summed E-state index contributed by atoms with van der Waals surface area (Å²) < 4.78 is 6.67. The Kier molecular flexibility index (Phi) is 5.39. The van der Waals surface area contributed by atoms with Crippen molar-refractivity contribution in [3.63, 3.8) is 0 Å². The molecule has 0 saturated heterocycles. The highest BCUT2D eigenvalue weighted by atomic mass is 16.5. The van der Waals surface area contributed by atoms with Crippen LogP contribution < -0.4 is 0 Å². The van der Waals surface area contributed by atoms with Crippen molar-refractivity contribution < 1.29 is 14.3 Å². The summed E-state index contributed by atoms with van der Waals surface area (Å²) in [6.07, 6.45) is 4.73. The summed E-state index contributed by atoms with van der Waals surface area (Å²) >= 11 is 0. The van der Waals surface area contributed by atoms with Crippen LogP contribution in [-0.4, -0.2) is 28.1 Å². The largest absolute Gasteiger partial charge is 0.461 e. The second-order valence-corrected chi connectivity index (χ2v) is 5.50. The molecule has 2 aromatic carbocycles. The third kappa shape index (κ3) is 3.95. The van der Waals surface area contributed by atoms with Crippen molar-refractivity contribution in [2.24, 2.45) is 0 Å². The van der Waals surface area contributed by atoms with Gasteiger partial charge in [0, 0.05) is 17.3 Å².